The van der Waals surface area contributed by atoms with Crippen LogP contribution in [0.4, 0.5) is 0 Å². The first-order valence-corrected chi connectivity index (χ1v) is 11.4. The summed E-state index contributed by atoms with van der Waals surface area (Å²) in [5.74, 6) is 1.04. The van der Waals surface area contributed by atoms with Crippen LogP contribution in [0.1, 0.15) is 34.2 Å². The second-order valence-electron chi connectivity index (χ2n) is 7.28. The minimum absolute atomic E-state index is 0.0689. The van der Waals surface area contributed by atoms with Crippen molar-refractivity contribution in [2.75, 3.05) is 12.0 Å². The van der Waals surface area contributed by atoms with Crippen LogP contribution in [0.15, 0.2) is 65.6 Å². The number of hydrogen-bond donors (Lipinski definition) is 2. The van der Waals surface area contributed by atoms with Crippen molar-refractivity contribution < 1.29 is 4.79 Å². The Morgan fingerprint density at radius 3 is 2.81 bits per heavy atom. The molecule has 1 atom stereocenters. The van der Waals surface area contributed by atoms with Crippen LogP contribution < -0.4 is 10.9 Å². The van der Waals surface area contributed by atoms with Crippen molar-refractivity contribution in [3.63, 3.8) is 0 Å². The van der Waals surface area contributed by atoms with Crippen molar-refractivity contribution >= 4 is 23.3 Å². The van der Waals surface area contributed by atoms with Crippen molar-refractivity contribution in [1.82, 2.24) is 24.9 Å². The van der Waals surface area contributed by atoms with Gasteiger partial charge in [-0.05, 0) is 61.2 Å². The molecule has 158 valence electrons. The maximum atomic E-state index is 13.0. The van der Waals surface area contributed by atoms with Gasteiger partial charge in [-0.3, -0.25) is 14.0 Å². The number of H-pyrrole nitrogens is 1. The molecule has 0 bridgehead atoms. The van der Waals surface area contributed by atoms with Gasteiger partial charge in [-0.15, -0.1) is 10.2 Å². The van der Waals surface area contributed by atoms with E-state index in [1.807, 2.05) is 66.2 Å². The van der Waals surface area contributed by atoms with E-state index in [9.17, 15) is 9.59 Å². The summed E-state index contributed by atoms with van der Waals surface area (Å²) in [6.45, 7) is 1.99. The van der Waals surface area contributed by atoms with E-state index < -0.39 is 11.5 Å². The molecule has 0 radical (unpaired) electrons. The van der Waals surface area contributed by atoms with Crippen LogP contribution in [-0.4, -0.2) is 37.5 Å². The monoisotopic (exact) mass is 433 g/mol. The number of rotatable bonds is 7. The number of aryl methyl sites for hydroxylation is 1. The Balaban J connectivity index is 1.61. The first-order valence-electron chi connectivity index (χ1n) is 9.96. The zero-order valence-electron chi connectivity index (χ0n) is 17.3. The number of fused-ring (bicyclic) bond motifs is 1. The lowest BCUT2D eigenvalue weighted by atomic mass is 10.1. The van der Waals surface area contributed by atoms with Crippen molar-refractivity contribution in [3.05, 3.63) is 88.1 Å². The van der Waals surface area contributed by atoms with Crippen molar-refractivity contribution in [2.45, 2.75) is 19.4 Å². The highest BCUT2D eigenvalue weighted by atomic mass is 32.2. The second-order valence-corrected chi connectivity index (χ2v) is 8.26. The van der Waals surface area contributed by atoms with Crippen LogP contribution in [0, 0.1) is 6.92 Å². The maximum absolute atomic E-state index is 13.0. The molecule has 8 heteroatoms. The predicted octanol–water partition coefficient (Wildman–Crippen LogP) is 3.62. The predicted molar refractivity (Wildman–Crippen MR) is 123 cm³/mol. The Kier molecular flexibility index (Phi) is 6.18. The fourth-order valence-corrected chi connectivity index (χ4v) is 3.94. The molecule has 4 rings (SSSR count). The van der Waals surface area contributed by atoms with Crippen LogP contribution in [0.25, 0.3) is 16.9 Å². The normalized spacial score (nSPS) is 12.1. The molecular weight excluding hydrogens is 410 g/mol. The molecular formula is C23H23N5O2S. The fourth-order valence-electron chi connectivity index (χ4n) is 3.47. The van der Waals surface area contributed by atoms with E-state index in [0.29, 0.717) is 23.6 Å². The summed E-state index contributed by atoms with van der Waals surface area (Å²) in [6, 6.07) is 16.4. The molecule has 31 heavy (non-hydrogen) atoms. The quantitative estimate of drug-likeness (QED) is 0.464. The Morgan fingerprint density at radius 2 is 2.03 bits per heavy atom. The average molecular weight is 434 g/mol. The maximum Gasteiger partial charge on any atom is 0.261 e. The molecule has 0 fully saturated rings. The van der Waals surface area contributed by atoms with E-state index in [-0.39, 0.29) is 11.6 Å². The van der Waals surface area contributed by atoms with Gasteiger partial charge < -0.3 is 10.3 Å². The van der Waals surface area contributed by atoms with Gasteiger partial charge in [-0.25, -0.2) is 0 Å². The third-order valence-electron chi connectivity index (χ3n) is 5.05. The number of nitrogens with one attached hydrogen (secondary N) is 2. The zero-order valence-corrected chi connectivity index (χ0v) is 18.1. The molecule has 1 unspecified atom stereocenters. The van der Waals surface area contributed by atoms with Crippen LogP contribution in [0.3, 0.4) is 0 Å². The number of hydrogen-bond acceptors (Lipinski definition) is 5. The molecule has 4 aromatic rings. The number of benzene rings is 1. The van der Waals surface area contributed by atoms with Crippen molar-refractivity contribution in [2.24, 2.45) is 0 Å². The molecule has 0 aliphatic carbocycles. The fraction of sp³-hybridized carbons (Fsp3) is 0.217. The third-order valence-corrected chi connectivity index (χ3v) is 5.69. The van der Waals surface area contributed by atoms with Crippen LogP contribution in [0.2, 0.25) is 0 Å². The lowest BCUT2D eigenvalue weighted by Crippen LogP contribution is -2.34. The molecule has 1 aromatic carbocycles. The largest absolute Gasteiger partial charge is 0.342 e. The summed E-state index contributed by atoms with van der Waals surface area (Å²) < 4.78 is 1.86. The van der Waals surface area contributed by atoms with E-state index in [1.54, 1.807) is 23.9 Å². The highest BCUT2D eigenvalue weighted by Gasteiger charge is 2.22. The minimum atomic E-state index is -0.434. The van der Waals surface area contributed by atoms with E-state index >= 15 is 0 Å². The molecule has 0 saturated heterocycles. The molecule has 0 aliphatic heterocycles. The van der Waals surface area contributed by atoms with Gasteiger partial charge in [0.1, 0.15) is 5.56 Å². The van der Waals surface area contributed by atoms with Gasteiger partial charge in [-0.1, -0.05) is 29.8 Å². The summed E-state index contributed by atoms with van der Waals surface area (Å²) in [5, 5.41) is 11.4. The number of aromatic amines is 1. The molecule has 3 heterocycles. The number of aromatic nitrogens is 4. The third kappa shape index (κ3) is 4.54. The van der Waals surface area contributed by atoms with Crippen LogP contribution in [0.5, 0.6) is 0 Å². The minimum Gasteiger partial charge on any atom is -0.342 e. The van der Waals surface area contributed by atoms with Gasteiger partial charge in [0.15, 0.2) is 11.5 Å². The van der Waals surface area contributed by atoms with Gasteiger partial charge in [0, 0.05) is 11.9 Å². The van der Waals surface area contributed by atoms with Gasteiger partial charge in [-0.2, -0.15) is 11.8 Å². The van der Waals surface area contributed by atoms with Crippen molar-refractivity contribution in [3.8, 4) is 11.3 Å². The summed E-state index contributed by atoms with van der Waals surface area (Å²) in [6.07, 6.45) is 4.55. The molecule has 1 amide bonds. The summed E-state index contributed by atoms with van der Waals surface area (Å²) in [7, 11) is 0. The van der Waals surface area contributed by atoms with Gasteiger partial charge in [0.25, 0.3) is 11.5 Å². The van der Waals surface area contributed by atoms with Crippen molar-refractivity contribution in [1.29, 1.82) is 0 Å². The first-order chi connectivity index (χ1) is 15.1. The molecule has 0 spiro atoms. The molecule has 7 nitrogen and oxygen atoms in total. The lowest BCUT2D eigenvalue weighted by Gasteiger charge is -2.17. The SMILES string of the molecule is CSCCC(NC(=O)c1ccc(-c2cccc(C)c2)[nH]c1=O)c1nnc2ccccn12. The number of nitrogens with zero attached hydrogens (tertiary/aromatic N) is 3. The number of carbonyl (C=O) groups excluding carboxylic acids is 1. The molecule has 0 saturated carbocycles. The Morgan fingerprint density at radius 1 is 1.16 bits per heavy atom. The first kappa shape index (κ1) is 20.9. The smallest absolute Gasteiger partial charge is 0.261 e. The highest BCUT2D eigenvalue weighted by molar-refractivity contribution is 7.98. The standard InChI is InChI=1S/C23H23N5O2S/c1-15-6-5-7-16(14-15)18-10-9-17(22(29)24-18)23(30)25-19(11-13-31-2)21-27-26-20-8-3-4-12-28(20)21/h3-10,12,14,19H,11,13H2,1-2H3,(H,24,29)(H,25,30). The average Bonchev–Trinajstić information content (AvgIpc) is 3.20. The Bertz CT molecular complexity index is 1280. The lowest BCUT2D eigenvalue weighted by molar-refractivity contribution is 0.0932. The topological polar surface area (TPSA) is 92.1 Å². The van der Waals surface area contributed by atoms with E-state index in [1.165, 1.54) is 0 Å². The van der Waals surface area contributed by atoms with E-state index in [4.69, 9.17) is 0 Å². The molecule has 0 aliphatic rings. The second kappa shape index (κ2) is 9.18. The molecule has 3 aromatic heterocycles. The van der Waals surface area contributed by atoms with E-state index in [0.717, 1.165) is 16.9 Å². The Labute approximate surface area is 183 Å². The summed E-state index contributed by atoms with van der Waals surface area (Å²) in [4.78, 5) is 28.5. The molecule has 2 N–H and O–H groups in total. The number of pyridine rings is 2. The zero-order chi connectivity index (χ0) is 21.8. The van der Waals surface area contributed by atoms with Crippen LogP contribution in [-0.2, 0) is 0 Å². The van der Waals surface area contributed by atoms with Crippen LogP contribution >= 0.6 is 11.8 Å². The van der Waals surface area contributed by atoms with Gasteiger partial charge >= 0.3 is 0 Å². The van der Waals surface area contributed by atoms with Gasteiger partial charge in [0.05, 0.1) is 6.04 Å². The highest BCUT2D eigenvalue weighted by Crippen LogP contribution is 2.20. The van der Waals surface area contributed by atoms with E-state index in [2.05, 4.69) is 20.5 Å². The number of carbonyl (C=O) groups is 1. The number of amides is 1. The number of thioether (sulfide) groups is 1. The van der Waals surface area contributed by atoms with Gasteiger partial charge in [0.2, 0.25) is 0 Å². The summed E-state index contributed by atoms with van der Waals surface area (Å²) >= 11 is 1.68. The summed E-state index contributed by atoms with van der Waals surface area (Å²) in [5.41, 5.74) is 3.02. The Hall–Kier alpha value is -3.39.